The maximum atomic E-state index is 15.2. The molecule has 238 valence electrons. The van der Waals surface area contributed by atoms with Crippen LogP contribution < -0.4 is 0 Å². The predicted octanol–water partition coefficient (Wildman–Crippen LogP) is 8.47. The van der Waals surface area contributed by atoms with E-state index in [2.05, 4.69) is 0 Å². The number of hydrogen-bond donors (Lipinski definition) is 1. The predicted molar refractivity (Wildman–Crippen MR) is 159 cm³/mol. The molecule has 0 aliphatic heterocycles. The van der Waals surface area contributed by atoms with Gasteiger partial charge in [0.25, 0.3) is 0 Å². The van der Waals surface area contributed by atoms with Crippen molar-refractivity contribution in [3.05, 3.63) is 93.6 Å². The number of carbonyl (C=O) groups is 2. The molecule has 6 rings (SSSR count). The number of carbonyl (C=O) groups excluding carboxylic acids is 2. The maximum Gasteiger partial charge on any atom is 0.456 e. The summed E-state index contributed by atoms with van der Waals surface area (Å²) in [5.41, 5.74) is 0.861. The standard InChI is InChI=1S/C36H35F5O4/c1-33-20-29(23-10-8-21(9-11-23)6-7-22-4-3-5-25(18-22)32(43)45-2)31-27-15-13-26(42)19-24(27)12-14-28(31)30(33)16-17-34(33,44)35(37,38)36(39,40)41/h3-11,18-19,28-30,44H,12-17,20H2,1-2H3/t28?,29-,30?,33+,34+/m1/s1. The van der Waals surface area contributed by atoms with Crippen molar-refractivity contribution in [1.29, 1.82) is 0 Å². The van der Waals surface area contributed by atoms with Gasteiger partial charge in [-0.15, -0.1) is 0 Å². The van der Waals surface area contributed by atoms with E-state index in [1.54, 1.807) is 24.3 Å². The van der Waals surface area contributed by atoms with Gasteiger partial charge in [0, 0.05) is 17.8 Å². The van der Waals surface area contributed by atoms with Gasteiger partial charge in [-0.2, -0.15) is 22.0 Å². The van der Waals surface area contributed by atoms with Gasteiger partial charge < -0.3 is 9.84 Å². The number of aliphatic hydroxyl groups is 1. The third kappa shape index (κ3) is 4.98. The summed E-state index contributed by atoms with van der Waals surface area (Å²) in [6, 6.07) is 14.4. The fraction of sp³-hybridized carbons (Fsp3) is 0.444. The largest absolute Gasteiger partial charge is 0.465 e. The van der Waals surface area contributed by atoms with Gasteiger partial charge in [-0.1, -0.05) is 61.0 Å². The number of benzene rings is 2. The Bertz CT molecular complexity index is 1620. The highest BCUT2D eigenvalue weighted by Crippen LogP contribution is 2.70. The van der Waals surface area contributed by atoms with Gasteiger partial charge >= 0.3 is 18.1 Å². The average molecular weight is 627 g/mol. The van der Waals surface area contributed by atoms with Crippen LogP contribution in [0.2, 0.25) is 0 Å². The van der Waals surface area contributed by atoms with Crippen molar-refractivity contribution in [2.24, 2.45) is 17.3 Å². The Morgan fingerprint density at radius 3 is 2.38 bits per heavy atom. The molecule has 9 heteroatoms. The van der Waals surface area contributed by atoms with E-state index < -0.39 is 47.3 Å². The lowest BCUT2D eigenvalue weighted by Crippen LogP contribution is -2.65. The third-order valence-electron chi connectivity index (χ3n) is 10.9. The Labute approximate surface area is 258 Å². The van der Waals surface area contributed by atoms with Crippen LogP contribution in [0.1, 0.15) is 84.8 Å². The summed E-state index contributed by atoms with van der Waals surface area (Å²) in [7, 11) is 1.31. The van der Waals surface area contributed by atoms with Crippen LogP contribution >= 0.6 is 0 Å². The number of ether oxygens (including phenoxy) is 1. The molecule has 2 unspecified atom stereocenters. The van der Waals surface area contributed by atoms with Crippen LogP contribution in [0.15, 0.2) is 71.3 Å². The van der Waals surface area contributed by atoms with Crippen LogP contribution in [0.3, 0.4) is 0 Å². The topological polar surface area (TPSA) is 63.6 Å². The highest BCUT2D eigenvalue weighted by Gasteiger charge is 2.79. The number of alkyl halides is 5. The highest BCUT2D eigenvalue weighted by molar-refractivity contribution is 5.93. The summed E-state index contributed by atoms with van der Waals surface area (Å²) in [5, 5.41) is 11.4. The number of hydrogen-bond acceptors (Lipinski definition) is 4. The Hall–Kier alpha value is -3.59. The lowest BCUT2D eigenvalue weighted by atomic mass is 9.50. The summed E-state index contributed by atoms with van der Waals surface area (Å²) in [4.78, 5) is 24.2. The zero-order valence-electron chi connectivity index (χ0n) is 25.1. The summed E-state index contributed by atoms with van der Waals surface area (Å²) >= 11 is 0. The van der Waals surface area contributed by atoms with Crippen molar-refractivity contribution in [2.75, 3.05) is 7.11 Å². The Morgan fingerprint density at radius 1 is 0.978 bits per heavy atom. The van der Waals surface area contributed by atoms with E-state index in [1.165, 1.54) is 14.0 Å². The number of rotatable bonds is 5. The second-order valence-corrected chi connectivity index (χ2v) is 13.1. The first-order valence-electron chi connectivity index (χ1n) is 15.3. The Morgan fingerprint density at radius 2 is 1.69 bits per heavy atom. The van der Waals surface area contributed by atoms with Crippen molar-refractivity contribution in [3.8, 4) is 0 Å². The first kappa shape index (κ1) is 31.4. The Kier molecular flexibility index (Phi) is 7.70. The SMILES string of the molecule is COC(=O)c1cccc(C=Cc2ccc([C@H]3C[C@@]4(C)C(CC[C@@]4(O)C(F)(F)C(F)(F)F)C4CCC5=CC(=O)CCC5=C43)cc2)c1. The first-order valence-corrected chi connectivity index (χ1v) is 15.3. The van der Waals surface area contributed by atoms with E-state index >= 15 is 8.78 Å². The molecule has 5 atom stereocenters. The maximum absolute atomic E-state index is 15.2. The minimum absolute atomic E-state index is 0.0401. The monoisotopic (exact) mass is 626 g/mol. The molecule has 2 fully saturated rings. The van der Waals surface area contributed by atoms with Crippen LogP contribution in [0.4, 0.5) is 22.0 Å². The fourth-order valence-corrected chi connectivity index (χ4v) is 8.63. The minimum atomic E-state index is -5.88. The van der Waals surface area contributed by atoms with Crippen molar-refractivity contribution < 1.29 is 41.4 Å². The number of halogens is 5. The molecule has 0 bridgehead atoms. The van der Waals surface area contributed by atoms with Crippen molar-refractivity contribution in [1.82, 2.24) is 0 Å². The second kappa shape index (κ2) is 11.0. The minimum Gasteiger partial charge on any atom is -0.465 e. The van der Waals surface area contributed by atoms with Gasteiger partial charge in [0.1, 0.15) is 5.60 Å². The molecule has 4 aliphatic carbocycles. The van der Waals surface area contributed by atoms with Crippen molar-refractivity contribution in [2.45, 2.75) is 75.5 Å². The van der Waals surface area contributed by atoms with E-state index in [9.17, 15) is 27.9 Å². The molecule has 0 saturated heterocycles. The van der Waals surface area contributed by atoms with E-state index in [1.807, 2.05) is 42.5 Å². The van der Waals surface area contributed by atoms with E-state index in [-0.39, 0.29) is 24.5 Å². The molecule has 2 aromatic rings. The molecule has 4 aliphatic rings. The van der Waals surface area contributed by atoms with Gasteiger partial charge in [0.15, 0.2) is 5.78 Å². The molecule has 4 nitrogen and oxygen atoms in total. The molecule has 45 heavy (non-hydrogen) atoms. The van der Waals surface area contributed by atoms with Gasteiger partial charge in [-0.25, -0.2) is 4.79 Å². The lowest BCUT2D eigenvalue weighted by molar-refractivity contribution is -0.362. The molecule has 0 spiro atoms. The number of esters is 1. The van der Waals surface area contributed by atoms with Crippen LogP contribution in [0.25, 0.3) is 12.2 Å². The van der Waals surface area contributed by atoms with Crippen LogP contribution in [0, 0.1) is 17.3 Å². The molecule has 2 aromatic carbocycles. The smallest absolute Gasteiger partial charge is 0.456 e. The summed E-state index contributed by atoms with van der Waals surface area (Å²) in [5.74, 6) is -6.98. The van der Waals surface area contributed by atoms with Crippen LogP contribution in [0.5, 0.6) is 0 Å². The molecular formula is C36H35F5O4. The number of ketones is 1. The van der Waals surface area contributed by atoms with E-state index in [0.29, 0.717) is 31.2 Å². The molecule has 0 heterocycles. The number of fused-ring (bicyclic) bond motifs is 4. The molecule has 2 saturated carbocycles. The number of allylic oxidation sites excluding steroid dienone is 4. The van der Waals surface area contributed by atoms with Crippen LogP contribution in [-0.4, -0.2) is 41.7 Å². The second-order valence-electron chi connectivity index (χ2n) is 13.1. The van der Waals surface area contributed by atoms with Gasteiger partial charge in [0.2, 0.25) is 0 Å². The average Bonchev–Trinajstić information content (AvgIpc) is 3.30. The van der Waals surface area contributed by atoms with Gasteiger partial charge in [-0.3, -0.25) is 4.79 Å². The van der Waals surface area contributed by atoms with E-state index in [0.717, 1.165) is 33.4 Å². The quantitative estimate of drug-likeness (QED) is 0.206. The highest BCUT2D eigenvalue weighted by atomic mass is 19.4. The normalized spacial score (nSPS) is 30.1. The van der Waals surface area contributed by atoms with Crippen molar-refractivity contribution in [3.63, 3.8) is 0 Å². The lowest BCUT2D eigenvalue weighted by Gasteiger charge is -2.56. The zero-order chi connectivity index (χ0) is 32.4. The molecule has 1 N–H and O–H groups in total. The molecule has 0 aromatic heterocycles. The van der Waals surface area contributed by atoms with Crippen LogP contribution in [-0.2, 0) is 9.53 Å². The van der Waals surface area contributed by atoms with Crippen molar-refractivity contribution >= 4 is 23.9 Å². The zero-order valence-corrected chi connectivity index (χ0v) is 25.1. The fourth-order valence-electron chi connectivity index (χ4n) is 8.63. The third-order valence-corrected chi connectivity index (χ3v) is 10.9. The number of methoxy groups -OCH3 is 1. The summed E-state index contributed by atoms with van der Waals surface area (Å²) < 4.78 is 76.6. The Balaban J connectivity index is 1.39. The first-order chi connectivity index (χ1) is 21.2. The molecule has 0 amide bonds. The van der Waals surface area contributed by atoms with Gasteiger partial charge in [0.05, 0.1) is 12.7 Å². The van der Waals surface area contributed by atoms with E-state index in [4.69, 9.17) is 4.74 Å². The molecule has 0 radical (unpaired) electrons. The van der Waals surface area contributed by atoms with Gasteiger partial charge in [-0.05, 0) is 96.4 Å². The summed E-state index contributed by atoms with van der Waals surface area (Å²) in [6.07, 6.45) is 0.804. The molecular weight excluding hydrogens is 591 g/mol. The summed E-state index contributed by atoms with van der Waals surface area (Å²) in [6.45, 7) is 1.42.